The molecule has 2 saturated heterocycles. The summed E-state index contributed by atoms with van der Waals surface area (Å²) in [6, 6.07) is 11.6. The summed E-state index contributed by atoms with van der Waals surface area (Å²) in [4.78, 5) is 29.6. The molecule has 0 bridgehead atoms. The molecule has 0 spiro atoms. The first-order chi connectivity index (χ1) is 15.5. The van der Waals surface area contributed by atoms with Crippen LogP contribution >= 0.6 is 0 Å². The SMILES string of the molecule is COc1ccc(C)cc1N1CC(C(=O)N2CCC(c3nnc4ccccn34)CC2)CC1=O. The van der Waals surface area contributed by atoms with Crippen molar-refractivity contribution in [3.8, 4) is 5.75 Å². The van der Waals surface area contributed by atoms with Crippen LogP contribution in [0.25, 0.3) is 5.65 Å². The molecule has 3 aromatic rings. The number of hydrogen-bond acceptors (Lipinski definition) is 5. The summed E-state index contributed by atoms with van der Waals surface area (Å²) in [5.41, 5.74) is 2.63. The Labute approximate surface area is 186 Å². The predicted octanol–water partition coefficient (Wildman–Crippen LogP) is 2.81. The van der Waals surface area contributed by atoms with Crippen LogP contribution < -0.4 is 9.64 Å². The number of likely N-dealkylation sites (tertiary alicyclic amines) is 1. The number of aryl methyl sites for hydroxylation is 1. The number of amides is 2. The Morgan fingerprint density at radius 1 is 1.12 bits per heavy atom. The molecule has 2 aliphatic rings. The van der Waals surface area contributed by atoms with Crippen molar-refractivity contribution in [2.45, 2.75) is 32.1 Å². The molecule has 8 nitrogen and oxygen atoms in total. The first-order valence-corrected chi connectivity index (χ1v) is 11.1. The van der Waals surface area contributed by atoms with E-state index in [1.54, 1.807) is 12.0 Å². The Balaban J connectivity index is 1.25. The van der Waals surface area contributed by atoms with Crippen molar-refractivity contribution in [2.75, 3.05) is 31.6 Å². The number of carbonyl (C=O) groups excluding carboxylic acids is 2. The molecule has 0 aliphatic carbocycles. The molecule has 4 heterocycles. The Morgan fingerprint density at radius 3 is 2.72 bits per heavy atom. The Kier molecular flexibility index (Phi) is 5.28. The van der Waals surface area contributed by atoms with Crippen molar-refractivity contribution in [1.29, 1.82) is 0 Å². The minimum absolute atomic E-state index is 0.0305. The van der Waals surface area contributed by atoms with Gasteiger partial charge in [-0.05, 0) is 49.6 Å². The number of ether oxygens (including phenoxy) is 1. The average Bonchev–Trinajstić information content (AvgIpc) is 3.42. The zero-order valence-corrected chi connectivity index (χ0v) is 18.4. The maximum atomic E-state index is 13.2. The number of methoxy groups -OCH3 is 1. The van der Waals surface area contributed by atoms with E-state index in [0.717, 1.165) is 35.6 Å². The molecule has 8 heteroatoms. The normalized spacial score (nSPS) is 19.7. The van der Waals surface area contributed by atoms with Crippen LogP contribution in [0.5, 0.6) is 5.75 Å². The molecule has 2 aliphatic heterocycles. The minimum Gasteiger partial charge on any atom is -0.495 e. The van der Waals surface area contributed by atoms with E-state index in [2.05, 4.69) is 10.2 Å². The summed E-state index contributed by atoms with van der Waals surface area (Å²) in [6.45, 7) is 3.72. The third-order valence-electron chi connectivity index (χ3n) is 6.61. The molecule has 0 N–H and O–H groups in total. The monoisotopic (exact) mass is 433 g/mol. The second-order valence-electron chi connectivity index (χ2n) is 8.67. The van der Waals surface area contributed by atoms with Crippen molar-refractivity contribution in [3.05, 3.63) is 54.0 Å². The first-order valence-electron chi connectivity index (χ1n) is 11.1. The number of benzene rings is 1. The molecule has 2 amide bonds. The molecule has 166 valence electrons. The van der Waals surface area contributed by atoms with E-state index in [4.69, 9.17) is 4.74 Å². The van der Waals surface area contributed by atoms with Crippen LogP contribution in [-0.4, -0.2) is 58.1 Å². The summed E-state index contributed by atoms with van der Waals surface area (Å²) in [7, 11) is 1.60. The van der Waals surface area contributed by atoms with Gasteiger partial charge in [0.15, 0.2) is 5.65 Å². The largest absolute Gasteiger partial charge is 0.495 e. The van der Waals surface area contributed by atoms with Gasteiger partial charge < -0.3 is 14.5 Å². The number of hydrogen-bond donors (Lipinski definition) is 0. The third-order valence-corrected chi connectivity index (χ3v) is 6.61. The lowest BCUT2D eigenvalue weighted by molar-refractivity contribution is -0.136. The van der Waals surface area contributed by atoms with Gasteiger partial charge in [0.05, 0.1) is 18.7 Å². The van der Waals surface area contributed by atoms with E-state index in [1.807, 2.05) is 58.8 Å². The number of piperidine rings is 1. The molecule has 1 atom stereocenters. The van der Waals surface area contributed by atoms with Gasteiger partial charge in [0, 0.05) is 38.2 Å². The number of rotatable bonds is 4. The highest BCUT2D eigenvalue weighted by Crippen LogP contribution is 2.35. The lowest BCUT2D eigenvalue weighted by Gasteiger charge is -2.32. The van der Waals surface area contributed by atoms with E-state index in [-0.39, 0.29) is 30.1 Å². The van der Waals surface area contributed by atoms with E-state index < -0.39 is 0 Å². The third kappa shape index (κ3) is 3.59. The fraction of sp³-hybridized carbons (Fsp3) is 0.417. The van der Waals surface area contributed by atoms with E-state index in [9.17, 15) is 9.59 Å². The summed E-state index contributed by atoms with van der Waals surface area (Å²) >= 11 is 0. The molecule has 0 radical (unpaired) electrons. The molecule has 32 heavy (non-hydrogen) atoms. The number of nitrogens with zero attached hydrogens (tertiary/aromatic N) is 5. The molecule has 5 rings (SSSR count). The van der Waals surface area contributed by atoms with E-state index >= 15 is 0 Å². The minimum atomic E-state index is -0.321. The van der Waals surface area contributed by atoms with Crippen molar-refractivity contribution in [1.82, 2.24) is 19.5 Å². The summed E-state index contributed by atoms with van der Waals surface area (Å²) in [6.07, 6.45) is 3.92. The van der Waals surface area contributed by atoms with Crippen LogP contribution in [0.1, 0.15) is 36.6 Å². The van der Waals surface area contributed by atoms with Crippen LogP contribution in [0.2, 0.25) is 0 Å². The number of anilines is 1. The van der Waals surface area contributed by atoms with E-state index in [1.165, 1.54) is 0 Å². The molecular weight excluding hydrogens is 406 g/mol. The predicted molar refractivity (Wildman–Crippen MR) is 120 cm³/mol. The van der Waals surface area contributed by atoms with Crippen molar-refractivity contribution in [2.24, 2.45) is 5.92 Å². The maximum Gasteiger partial charge on any atom is 0.228 e. The highest BCUT2D eigenvalue weighted by atomic mass is 16.5. The molecule has 1 aromatic carbocycles. The summed E-state index contributed by atoms with van der Waals surface area (Å²) in [5.74, 6) is 1.60. The average molecular weight is 434 g/mol. The second kappa shape index (κ2) is 8.26. The van der Waals surface area contributed by atoms with Crippen LogP contribution in [0.15, 0.2) is 42.6 Å². The Hall–Kier alpha value is -3.42. The topological polar surface area (TPSA) is 80.0 Å². The Morgan fingerprint density at radius 2 is 1.94 bits per heavy atom. The van der Waals surface area contributed by atoms with Gasteiger partial charge in [-0.3, -0.25) is 14.0 Å². The van der Waals surface area contributed by atoms with Crippen molar-refractivity contribution < 1.29 is 14.3 Å². The summed E-state index contributed by atoms with van der Waals surface area (Å²) < 4.78 is 7.48. The lowest BCUT2D eigenvalue weighted by Crippen LogP contribution is -2.42. The van der Waals surface area contributed by atoms with Gasteiger partial charge in [-0.1, -0.05) is 12.1 Å². The molecule has 1 unspecified atom stereocenters. The fourth-order valence-electron chi connectivity index (χ4n) is 4.87. The van der Waals surface area contributed by atoms with Gasteiger partial charge >= 0.3 is 0 Å². The smallest absolute Gasteiger partial charge is 0.228 e. The van der Waals surface area contributed by atoms with Crippen LogP contribution in [0.4, 0.5) is 5.69 Å². The zero-order chi connectivity index (χ0) is 22.2. The Bertz CT molecular complexity index is 1170. The standard InChI is InChI=1S/C24H27N5O3/c1-16-6-7-20(32-2)19(13-16)29-15-18(14-22(29)30)24(31)27-11-8-17(9-12-27)23-26-25-21-5-3-4-10-28(21)23/h3-7,10,13,17-18H,8-9,11-12,14-15H2,1-2H3. The highest BCUT2D eigenvalue weighted by Gasteiger charge is 2.39. The van der Waals surface area contributed by atoms with Gasteiger partial charge in [-0.2, -0.15) is 0 Å². The number of carbonyl (C=O) groups is 2. The maximum absolute atomic E-state index is 13.2. The van der Waals surface area contributed by atoms with Gasteiger partial charge in [0.25, 0.3) is 0 Å². The fourth-order valence-corrected chi connectivity index (χ4v) is 4.87. The van der Waals surface area contributed by atoms with Gasteiger partial charge in [0.1, 0.15) is 11.6 Å². The number of aromatic nitrogens is 3. The van der Waals surface area contributed by atoms with Crippen molar-refractivity contribution in [3.63, 3.8) is 0 Å². The second-order valence-corrected chi connectivity index (χ2v) is 8.67. The van der Waals surface area contributed by atoms with Gasteiger partial charge in [0.2, 0.25) is 11.8 Å². The highest BCUT2D eigenvalue weighted by molar-refractivity contribution is 6.01. The van der Waals surface area contributed by atoms with E-state index in [0.29, 0.717) is 25.4 Å². The van der Waals surface area contributed by atoms with Crippen LogP contribution in [0.3, 0.4) is 0 Å². The first kappa shape index (κ1) is 20.5. The molecule has 2 aromatic heterocycles. The number of fused-ring (bicyclic) bond motifs is 1. The number of pyridine rings is 1. The lowest BCUT2D eigenvalue weighted by atomic mass is 9.94. The molecular formula is C24H27N5O3. The van der Waals surface area contributed by atoms with Gasteiger partial charge in [-0.15, -0.1) is 10.2 Å². The van der Waals surface area contributed by atoms with Crippen molar-refractivity contribution >= 4 is 23.1 Å². The zero-order valence-electron chi connectivity index (χ0n) is 18.4. The quantitative estimate of drug-likeness (QED) is 0.632. The van der Waals surface area contributed by atoms with Gasteiger partial charge in [-0.25, -0.2) is 0 Å². The van der Waals surface area contributed by atoms with Crippen LogP contribution in [0, 0.1) is 12.8 Å². The molecule has 2 fully saturated rings. The van der Waals surface area contributed by atoms with Crippen LogP contribution in [-0.2, 0) is 9.59 Å². The molecule has 0 saturated carbocycles. The summed E-state index contributed by atoms with van der Waals surface area (Å²) in [5, 5.41) is 8.65.